The first-order valence-corrected chi connectivity index (χ1v) is 8.64. The molecule has 0 N–H and O–H groups in total. The van der Waals surface area contributed by atoms with E-state index in [1.165, 1.54) is 6.07 Å². The molecule has 0 saturated carbocycles. The number of carbonyl (C=O) groups excluding carboxylic acids is 1. The van der Waals surface area contributed by atoms with Gasteiger partial charge in [-0.1, -0.05) is 0 Å². The fourth-order valence-corrected chi connectivity index (χ4v) is 4.39. The molecule has 0 aliphatic carbocycles. The van der Waals surface area contributed by atoms with Crippen molar-refractivity contribution >= 4 is 11.6 Å². The van der Waals surface area contributed by atoms with Crippen LogP contribution >= 0.6 is 0 Å². The van der Waals surface area contributed by atoms with Crippen molar-refractivity contribution in [1.29, 1.82) is 0 Å². The van der Waals surface area contributed by atoms with E-state index in [4.69, 9.17) is 4.74 Å². The van der Waals surface area contributed by atoms with Gasteiger partial charge in [0, 0.05) is 55.9 Å². The highest BCUT2D eigenvalue weighted by molar-refractivity contribution is 5.96. The summed E-state index contributed by atoms with van der Waals surface area (Å²) < 4.78 is 32.1. The summed E-state index contributed by atoms with van der Waals surface area (Å²) in [4.78, 5) is 16.6. The lowest BCUT2D eigenvalue weighted by Crippen LogP contribution is -2.40. The minimum absolute atomic E-state index is 0.00911. The molecule has 4 nitrogen and oxygen atoms in total. The molecular formula is C18H22F2N2O2. The maximum Gasteiger partial charge on any atom is 0.227 e. The monoisotopic (exact) mass is 336 g/mol. The molecule has 130 valence electrons. The zero-order valence-electron chi connectivity index (χ0n) is 13.6. The van der Waals surface area contributed by atoms with Crippen LogP contribution < -0.4 is 4.90 Å². The van der Waals surface area contributed by atoms with Crippen molar-refractivity contribution in [1.82, 2.24) is 4.90 Å². The Hall–Kier alpha value is -1.53. The van der Waals surface area contributed by atoms with Gasteiger partial charge in [-0.25, -0.2) is 8.78 Å². The van der Waals surface area contributed by atoms with Crippen LogP contribution in [0.4, 0.5) is 14.5 Å². The average Bonchev–Trinajstić information content (AvgIpc) is 3.14. The third-order valence-corrected chi connectivity index (χ3v) is 5.71. The molecule has 1 aromatic rings. The Labute approximate surface area is 140 Å². The molecule has 6 heteroatoms. The fraction of sp³-hybridized carbons (Fsp3) is 0.611. The Morgan fingerprint density at radius 2 is 1.92 bits per heavy atom. The third-order valence-electron chi connectivity index (χ3n) is 5.71. The molecular weight excluding hydrogens is 314 g/mol. The van der Waals surface area contributed by atoms with E-state index in [9.17, 15) is 13.6 Å². The van der Waals surface area contributed by atoms with Crippen LogP contribution in [0.25, 0.3) is 0 Å². The van der Waals surface area contributed by atoms with Crippen molar-refractivity contribution in [3.8, 4) is 0 Å². The van der Waals surface area contributed by atoms with Gasteiger partial charge in [-0.2, -0.15) is 0 Å². The first-order valence-electron chi connectivity index (χ1n) is 8.64. The second-order valence-corrected chi connectivity index (χ2v) is 7.32. The Bertz CT molecular complexity index is 648. The van der Waals surface area contributed by atoms with E-state index in [-0.39, 0.29) is 11.3 Å². The van der Waals surface area contributed by atoms with Gasteiger partial charge in [0.15, 0.2) is 11.6 Å². The number of ether oxygens (including phenoxy) is 1. The first-order chi connectivity index (χ1) is 11.6. The first kappa shape index (κ1) is 16.0. The number of nitrogens with zero attached hydrogens (tertiary/aromatic N) is 2. The van der Waals surface area contributed by atoms with Crippen molar-refractivity contribution in [2.75, 3.05) is 37.7 Å². The fourth-order valence-electron chi connectivity index (χ4n) is 4.39. The number of likely N-dealkylation sites (tertiary alicyclic amines) is 1. The van der Waals surface area contributed by atoms with Crippen molar-refractivity contribution < 1.29 is 18.3 Å². The maximum atomic E-state index is 13.5. The predicted octanol–water partition coefficient (Wildman–Crippen LogP) is 2.57. The molecule has 0 radical (unpaired) electrons. The molecule has 4 rings (SSSR count). The molecule has 24 heavy (non-hydrogen) atoms. The second kappa shape index (κ2) is 6.08. The smallest absolute Gasteiger partial charge is 0.227 e. The van der Waals surface area contributed by atoms with Gasteiger partial charge in [-0.05, 0) is 37.9 Å². The molecule has 1 spiro atoms. The number of hydrogen-bond donors (Lipinski definition) is 0. The topological polar surface area (TPSA) is 32.8 Å². The molecule has 1 aromatic carbocycles. The SMILES string of the molecule is O=C1CC2(CCN(C3CCOCC3)C2)CN1c1ccc(F)c(F)c1. The summed E-state index contributed by atoms with van der Waals surface area (Å²) in [5.74, 6) is -1.78. The van der Waals surface area contributed by atoms with Crippen LogP contribution in [0.1, 0.15) is 25.7 Å². The van der Waals surface area contributed by atoms with Gasteiger partial charge < -0.3 is 9.64 Å². The van der Waals surface area contributed by atoms with Gasteiger partial charge in [-0.15, -0.1) is 0 Å². The Balaban J connectivity index is 1.48. The number of carbonyl (C=O) groups is 1. The molecule has 0 bridgehead atoms. The third kappa shape index (κ3) is 2.82. The molecule has 3 fully saturated rings. The summed E-state index contributed by atoms with van der Waals surface area (Å²) in [6.45, 7) is 4.13. The lowest BCUT2D eigenvalue weighted by molar-refractivity contribution is -0.117. The standard InChI is InChI=1S/C18H22F2N2O2/c19-15-2-1-14(9-16(15)20)22-12-18(10-17(22)23)5-6-21(11-18)13-3-7-24-8-4-13/h1-2,9,13H,3-8,10-12H2. The van der Waals surface area contributed by atoms with Crippen LogP contribution in [0.3, 0.4) is 0 Å². The van der Waals surface area contributed by atoms with Gasteiger partial charge in [-0.3, -0.25) is 9.69 Å². The molecule has 0 aromatic heterocycles. The van der Waals surface area contributed by atoms with Crippen LogP contribution in [0.2, 0.25) is 0 Å². The lowest BCUT2D eigenvalue weighted by atomic mass is 9.86. The summed E-state index contributed by atoms with van der Waals surface area (Å²) in [6.07, 6.45) is 3.58. The van der Waals surface area contributed by atoms with Crippen LogP contribution in [-0.2, 0) is 9.53 Å². The van der Waals surface area contributed by atoms with E-state index >= 15 is 0 Å². The zero-order valence-corrected chi connectivity index (χ0v) is 13.6. The lowest BCUT2D eigenvalue weighted by Gasteiger charge is -2.32. The highest BCUT2D eigenvalue weighted by atomic mass is 19.2. The van der Waals surface area contributed by atoms with Crippen LogP contribution in [0.15, 0.2) is 18.2 Å². The normalized spacial score (nSPS) is 29.1. The van der Waals surface area contributed by atoms with Gasteiger partial charge >= 0.3 is 0 Å². The second-order valence-electron chi connectivity index (χ2n) is 7.32. The van der Waals surface area contributed by atoms with E-state index in [1.54, 1.807) is 4.90 Å². The van der Waals surface area contributed by atoms with E-state index in [1.807, 2.05) is 0 Å². The summed E-state index contributed by atoms with van der Waals surface area (Å²) in [6, 6.07) is 4.25. The quantitative estimate of drug-likeness (QED) is 0.832. The van der Waals surface area contributed by atoms with Gasteiger partial charge in [0.05, 0.1) is 0 Å². The number of hydrogen-bond acceptors (Lipinski definition) is 3. The van der Waals surface area contributed by atoms with E-state index in [2.05, 4.69) is 4.90 Å². The van der Waals surface area contributed by atoms with E-state index < -0.39 is 11.6 Å². The Morgan fingerprint density at radius 1 is 1.12 bits per heavy atom. The predicted molar refractivity (Wildman–Crippen MR) is 85.8 cm³/mol. The van der Waals surface area contributed by atoms with Crippen molar-refractivity contribution in [3.63, 3.8) is 0 Å². The summed E-state index contributed by atoms with van der Waals surface area (Å²) in [7, 11) is 0. The number of rotatable bonds is 2. The van der Waals surface area contributed by atoms with Crippen LogP contribution in [0, 0.1) is 17.0 Å². The van der Waals surface area contributed by atoms with Crippen molar-refractivity contribution in [3.05, 3.63) is 29.8 Å². The molecule has 1 unspecified atom stereocenters. The number of amides is 1. The van der Waals surface area contributed by atoms with Gasteiger partial charge in [0.1, 0.15) is 0 Å². The van der Waals surface area contributed by atoms with Crippen molar-refractivity contribution in [2.24, 2.45) is 5.41 Å². The summed E-state index contributed by atoms with van der Waals surface area (Å²) in [5.41, 5.74) is 0.403. The Morgan fingerprint density at radius 3 is 2.67 bits per heavy atom. The Kier molecular flexibility index (Phi) is 4.04. The maximum absolute atomic E-state index is 13.5. The van der Waals surface area contributed by atoms with E-state index in [0.717, 1.165) is 57.7 Å². The highest BCUT2D eigenvalue weighted by Crippen LogP contribution is 2.43. The summed E-state index contributed by atoms with van der Waals surface area (Å²) in [5, 5.41) is 0. The largest absolute Gasteiger partial charge is 0.381 e. The molecule has 1 amide bonds. The summed E-state index contributed by atoms with van der Waals surface area (Å²) >= 11 is 0. The number of halogens is 2. The zero-order chi connectivity index (χ0) is 16.7. The molecule has 3 heterocycles. The molecule has 3 aliphatic heterocycles. The molecule has 3 saturated heterocycles. The van der Waals surface area contributed by atoms with Gasteiger partial charge in [0.2, 0.25) is 5.91 Å². The van der Waals surface area contributed by atoms with Crippen LogP contribution in [-0.4, -0.2) is 49.7 Å². The average molecular weight is 336 g/mol. The minimum Gasteiger partial charge on any atom is -0.381 e. The minimum atomic E-state index is -0.906. The number of anilines is 1. The molecule has 3 aliphatic rings. The number of benzene rings is 1. The highest BCUT2D eigenvalue weighted by Gasteiger charge is 2.48. The van der Waals surface area contributed by atoms with Crippen molar-refractivity contribution in [2.45, 2.75) is 31.7 Å². The van der Waals surface area contributed by atoms with E-state index in [0.29, 0.717) is 24.7 Å². The molecule has 1 atom stereocenters. The van der Waals surface area contributed by atoms with Crippen LogP contribution in [0.5, 0.6) is 0 Å². The van der Waals surface area contributed by atoms with Gasteiger partial charge in [0.25, 0.3) is 0 Å².